The summed E-state index contributed by atoms with van der Waals surface area (Å²) >= 11 is 1.71. The summed E-state index contributed by atoms with van der Waals surface area (Å²) in [5.74, 6) is 0.975. The summed E-state index contributed by atoms with van der Waals surface area (Å²) in [5.41, 5.74) is 4.83. The Labute approximate surface area is 149 Å². The van der Waals surface area contributed by atoms with Gasteiger partial charge in [0.25, 0.3) is 0 Å². The number of thiazole rings is 1. The van der Waals surface area contributed by atoms with Gasteiger partial charge >= 0.3 is 0 Å². The molecule has 0 spiro atoms. The fraction of sp³-hybridized carbons (Fsp3) is 0.474. The quantitative estimate of drug-likeness (QED) is 0.580. The third-order valence-electron chi connectivity index (χ3n) is 3.88. The normalized spacial score (nSPS) is 11.5. The first-order valence-corrected chi connectivity index (χ1v) is 9.32. The predicted octanol–water partition coefficient (Wildman–Crippen LogP) is 4.78. The zero-order chi connectivity index (χ0) is 17.7. The van der Waals surface area contributed by atoms with E-state index in [0.29, 0.717) is 6.04 Å². The van der Waals surface area contributed by atoms with Gasteiger partial charge in [-0.3, -0.25) is 0 Å². The molecule has 0 radical (unpaired) electrons. The van der Waals surface area contributed by atoms with E-state index < -0.39 is 0 Å². The molecule has 2 rings (SSSR count). The zero-order valence-corrected chi connectivity index (χ0v) is 16.4. The molecule has 0 unspecified atom stereocenters. The lowest BCUT2D eigenvalue weighted by Crippen LogP contribution is -2.14. The van der Waals surface area contributed by atoms with Crippen LogP contribution in [0.5, 0.6) is 0 Å². The van der Waals surface area contributed by atoms with E-state index in [1.54, 1.807) is 11.3 Å². The second-order valence-corrected chi connectivity index (χ2v) is 7.43. The number of aryl methyl sites for hydroxylation is 2. The Bertz CT molecular complexity index is 703. The molecule has 0 saturated heterocycles. The molecule has 0 aliphatic rings. The SMILES string of the molecule is CCN(C)C=Nc1cc(C)c(Cc2nc(NC(C)C)cs2)cc1C. The van der Waals surface area contributed by atoms with E-state index in [0.717, 1.165) is 29.5 Å². The van der Waals surface area contributed by atoms with Crippen molar-refractivity contribution >= 4 is 29.2 Å². The van der Waals surface area contributed by atoms with Crippen molar-refractivity contribution in [3.05, 3.63) is 39.2 Å². The minimum Gasteiger partial charge on any atom is -0.367 e. The van der Waals surface area contributed by atoms with Crippen molar-refractivity contribution in [3.8, 4) is 0 Å². The van der Waals surface area contributed by atoms with Crippen LogP contribution in [0.4, 0.5) is 11.5 Å². The number of hydrogen-bond acceptors (Lipinski definition) is 4. The molecular formula is C19H28N4S. The maximum atomic E-state index is 4.68. The molecule has 130 valence electrons. The van der Waals surface area contributed by atoms with Crippen LogP contribution in [0.1, 0.15) is 42.5 Å². The fourth-order valence-corrected chi connectivity index (χ4v) is 3.11. The molecule has 0 aliphatic heterocycles. The monoisotopic (exact) mass is 344 g/mol. The zero-order valence-electron chi connectivity index (χ0n) is 15.6. The molecule has 0 bridgehead atoms. The highest BCUT2D eigenvalue weighted by atomic mass is 32.1. The van der Waals surface area contributed by atoms with Crippen LogP contribution in [-0.4, -0.2) is 35.9 Å². The molecule has 0 aliphatic carbocycles. The van der Waals surface area contributed by atoms with E-state index in [2.05, 4.69) is 72.3 Å². The number of rotatable bonds is 7. The van der Waals surface area contributed by atoms with Crippen LogP contribution in [0.25, 0.3) is 0 Å². The number of hydrogen-bond donors (Lipinski definition) is 1. The number of nitrogens with zero attached hydrogens (tertiary/aromatic N) is 3. The third-order valence-corrected chi connectivity index (χ3v) is 4.73. The Balaban J connectivity index is 2.15. The van der Waals surface area contributed by atoms with Crippen LogP contribution >= 0.6 is 11.3 Å². The number of benzene rings is 1. The van der Waals surface area contributed by atoms with Gasteiger partial charge in [0, 0.05) is 31.4 Å². The summed E-state index contributed by atoms with van der Waals surface area (Å²) in [6.45, 7) is 11.6. The first kappa shape index (κ1) is 18.5. The summed E-state index contributed by atoms with van der Waals surface area (Å²) in [6.07, 6.45) is 2.77. The van der Waals surface area contributed by atoms with E-state index in [9.17, 15) is 0 Å². The molecule has 4 nitrogen and oxygen atoms in total. The van der Waals surface area contributed by atoms with Gasteiger partial charge in [-0.2, -0.15) is 0 Å². The largest absolute Gasteiger partial charge is 0.367 e. The van der Waals surface area contributed by atoms with Gasteiger partial charge in [0.1, 0.15) is 5.82 Å². The first-order chi connectivity index (χ1) is 11.4. The van der Waals surface area contributed by atoms with Crippen molar-refractivity contribution in [1.29, 1.82) is 0 Å². The van der Waals surface area contributed by atoms with Crippen molar-refractivity contribution < 1.29 is 0 Å². The molecule has 1 N–H and O–H groups in total. The van der Waals surface area contributed by atoms with Gasteiger partial charge in [-0.15, -0.1) is 11.3 Å². The molecule has 0 atom stereocenters. The Kier molecular flexibility index (Phi) is 6.37. The highest BCUT2D eigenvalue weighted by Gasteiger charge is 2.08. The number of nitrogens with one attached hydrogen (secondary N) is 1. The standard InChI is InChI=1S/C19H28N4S/c1-7-23(6)12-20-17-9-14(4)16(8-15(17)5)10-19-22-18(11-24-19)21-13(2)3/h8-9,11-13,21H,7,10H2,1-6H3. The minimum absolute atomic E-state index is 0.405. The van der Waals surface area contributed by atoms with E-state index in [1.165, 1.54) is 16.7 Å². The van der Waals surface area contributed by atoms with Gasteiger partial charge < -0.3 is 10.2 Å². The van der Waals surface area contributed by atoms with Crippen LogP contribution in [0.15, 0.2) is 22.5 Å². The van der Waals surface area contributed by atoms with Gasteiger partial charge in [-0.25, -0.2) is 9.98 Å². The Morgan fingerprint density at radius 1 is 1.29 bits per heavy atom. The number of aromatic nitrogens is 1. The van der Waals surface area contributed by atoms with Crippen molar-refractivity contribution in [3.63, 3.8) is 0 Å². The van der Waals surface area contributed by atoms with Crippen molar-refractivity contribution in [2.24, 2.45) is 4.99 Å². The van der Waals surface area contributed by atoms with Crippen molar-refractivity contribution in [2.75, 3.05) is 18.9 Å². The molecule has 0 saturated carbocycles. The topological polar surface area (TPSA) is 40.5 Å². The summed E-state index contributed by atoms with van der Waals surface area (Å²) < 4.78 is 0. The fourth-order valence-electron chi connectivity index (χ4n) is 2.35. The molecule has 1 aromatic heterocycles. The Hall–Kier alpha value is -1.88. The van der Waals surface area contributed by atoms with E-state index >= 15 is 0 Å². The second-order valence-electron chi connectivity index (χ2n) is 6.49. The van der Waals surface area contributed by atoms with Crippen molar-refractivity contribution in [2.45, 2.75) is 47.1 Å². The molecule has 2 aromatic rings. The third kappa shape index (κ3) is 5.06. The predicted molar refractivity (Wildman–Crippen MR) is 106 cm³/mol. The average molecular weight is 345 g/mol. The molecule has 0 amide bonds. The van der Waals surface area contributed by atoms with Gasteiger partial charge in [0.15, 0.2) is 0 Å². The average Bonchev–Trinajstić information content (AvgIpc) is 2.95. The van der Waals surface area contributed by atoms with Crippen LogP contribution in [0, 0.1) is 13.8 Å². The molecule has 1 heterocycles. The van der Waals surface area contributed by atoms with Crippen LogP contribution < -0.4 is 5.32 Å². The van der Waals surface area contributed by atoms with Gasteiger partial charge in [0.2, 0.25) is 0 Å². The molecule has 1 aromatic carbocycles. The lowest BCUT2D eigenvalue weighted by Gasteiger charge is -2.11. The van der Waals surface area contributed by atoms with Crippen LogP contribution in [-0.2, 0) is 6.42 Å². The first-order valence-electron chi connectivity index (χ1n) is 8.44. The molecular weight excluding hydrogens is 316 g/mol. The smallest absolute Gasteiger partial charge is 0.137 e. The van der Waals surface area contributed by atoms with E-state index in [4.69, 9.17) is 0 Å². The highest BCUT2D eigenvalue weighted by molar-refractivity contribution is 7.10. The van der Waals surface area contributed by atoms with E-state index in [-0.39, 0.29) is 0 Å². The summed E-state index contributed by atoms with van der Waals surface area (Å²) in [4.78, 5) is 11.4. The molecule has 5 heteroatoms. The Morgan fingerprint density at radius 2 is 2.04 bits per heavy atom. The van der Waals surface area contributed by atoms with Crippen LogP contribution in [0.2, 0.25) is 0 Å². The lowest BCUT2D eigenvalue weighted by atomic mass is 10.0. The summed E-state index contributed by atoms with van der Waals surface area (Å²) in [7, 11) is 2.03. The van der Waals surface area contributed by atoms with E-state index in [1.807, 2.05) is 13.4 Å². The van der Waals surface area contributed by atoms with Gasteiger partial charge in [0.05, 0.1) is 17.0 Å². The maximum absolute atomic E-state index is 4.68. The summed E-state index contributed by atoms with van der Waals surface area (Å²) in [6, 6.07) is 4.82. The van der Waals surface area contributed by atoms with Crippen LogP contribution in [0.3, 0.4) is 0 Å². The van der Waals surface area contributed by atoms with Gasteiger partial charge in [-0.1, -0.05) is 6.07 Å². The number of aliphatic imine (C=N–C) groups is 1. The molecule has 0 fully saturated rings. The Morgan fingerprint density at radius 3 is 2.71 bits per heavy atom. The number of anilines is 1. The van der Waals surface area contributed by atoms with Gasteiger partial charge in [-0.05, 0) is 57.4 Å². The minimum atomic E-state index is 0.405. The molecule has 24 heavy (non-hydrogen) atoms. The van der Waals surface area contributed by atoms with Crippen molar-refractivity contribution in [1.82, 2.24) is 9.88 Å². The highest BCUT2D eigenvalue weighted by Crippen LogP contribution is 2.26. The second kappa shape index (κ2) is 8.29. The summed E-state index contributed by atoms with van der Waals surface area (Å²) in [5, 5.41) is 6.59. The maximum Gasteiger partial charge on any atom is 0.137 e. The lowest BCUT2D eigenvalue weighted by molar-refractivity contribution is 0.552.